The van der Waals surface area contributed by atoms with E-state index < -0.39 is 32.1 Å². The molecule has 0 aromatic heterocycles. The maximum absolute atomic E-state index is 12.4. The Hall–Kier alpha value is -1.53. The molecular weight excluding hydrogens is 360 g/mol. The maximum atomic E-state index is 12.4. The van der Waals surface area contributed by atoms with Gasteiger partial charge in [0, 0.05) is 13.1 Å². The molecule has 1 aliphatic rings. The van der Waals surface area contributed by atoms with Gasteiger partial charge in [0.25, 0.3) is 0 Å². The van der Waals surface area contributed by atoms with E-state index in [0.717, 1.165) is 12.1 Å². The molecule has 0 aliphatic carbocycles. The first kappa shape index (κ1) is 18.8. The average Bonchev–Trinajstić information content (AvgIpc) is 2.55. The highest BCUT2D eigenvalue weighted by molar-refractivity contribution is 7.89. The number of rotatable bonds is 6. The lowest BCUT2D eigenvalue weighted by Crippen LogP contribution is -2.40. The Bertz CT molecular complexity index is 797. The van der Waals surface area contributed by atoms with Crippen LogP contribution >= 0.6 is 0 Å². The number of sulfonamides is 2. The SMILES string of the molecule is C[C@@H](NS(=O)(=O)c1ccc(S(=O)(=O)N2CCOCC2)cc1)C(=O)O. The van der Waals surface area contributed by atoms with Gasteiger partial charge in [0.15, 0.2) is 0 Å². The number of hydrogen-bond acceptors (Lipinski definition) is 6. The molecule has 11 heteroatoms. The maximum Gasteiger partial charge on any atom is 0.321 e. The minimum atomic E-state index is -4.05. The summed E-state index contributed by atoms with van der Waals surface area (Å²) in [7, 11) is -7.77. The Morgan fingerprint density at radius 3 is 2.12 bits per heavy atom. The molecule has 1 fully saturated rings. The van der Waals surface area contributed by atoms with Crippen LogP contribution in [0, 0.1) is 0 Å². The molecule has 1 saturated heterocycles. The van der Waals surface area contributed by atoms with Gasteiger partial charge in [-0.05, 0) is 31.2 Å². The molecule has 1 aromatic rings. The molecule has 0 radical (unpaired) electrons. The molecule has 0 bridgehead atoms. The van der Waals surface area contributed by atoms with Crippen molar-refractivity contribution in [3.8, 4) is 0 Å². The number of carbonyl (C=O) groups is 1. The Morgan fingerprint density at radius 2 is 1.62 bits per heavy atom. The Balaban J connectivity index is 2.22. The molecule has 0 saturated carbocycles. The third kappa shape index (κ3) is 4.11. The van der Waals surface area contributed by atoms with Gasteiger partial charge in [0.05, 0.1) is 23.0 Å². The van der Waals surface area contributed by atoms with E-state index in [9.17, 15) is 21.6 Å². The lowest BCUT2D eigenvalue weighted by Gasteiger charge is -2.26. The van der Waals surface area contributed by atoms with Gasteiger partial charge in [-0.3, -0.25) is 4.79 Å². The third-order valence-electron chi connectivity index (χ3n) is 3.44. The molecule has 0 unspecified atom stereocenters. The van der Waals surface area contributed by atoms with E-state index in [1.54, 1.807) is 0 Å². The number of morpholine rings is 1. The van der Waals surface area contributed by atoms with Crippen molar-refractivity contribution in [3.05, 3.63) is 24.3 Å². The zero-order valence-electron chi connectivity index (χ0n) is 12.9. The van der Waals surface area contributed by atoms with Crippen LogP contribution in [-0.2, 0) is 29.6 Å². The first-order valence-electron chi connectivity index (χ1n) is 7.08. The molecule has 24 heavy (non-hydrogen) atoms. The number of nitrogens with zero attached hydrogens (tertiary/aromatic N) is 1. The standard InChI is InChI=1S/C13H18N2O7S2/c1-10(13(16)17)14-23(18,19)11-2-4-12(5-3-11)24(20,21)15-6-8-22-9-7-15/h2-5,10,14H,6-9H2,1H3,(H,16,17)/t10-/m1/s1. The van der Waals surface area contributed by atoms with Crippen molar-refractivity contribution in [1.82, 2.24) is 9.03 Å². The summed E-state index contributed by atoms with van der Waals surface area (Å²) in [6.07, 6.45) is 0. The number of ether oxygens (including phenoxy) is 1. The molecule has 0 spiro atoms. The van der Waals surface area contributed by atoms with Gasteiger partial charge < -0.3 is 9.84 Å². The Kier molecular flexibility index (Phi) is 5.60. The van der Waals surface area contributed by atoms with Gasteiger partial charge in [-0.1, -0.05) is 0 Å². The van der Waals surface area contributed by atoms with Crippen molar-refractivity contribution < 1.29 is 31.5 Å². The first-order valence-corrected chi connectivity index (χ1v) is 10.00. The number of nitrogens with one attached hydrogen (secondary N) is 1. The number of hydrogen-bond donors (Lipinski definition) is 2. The topological polar surface area (TPSA) is 130 Å². The smallest absolute Gasteiger partial charge is 0.321 e. The van der Waals surface area contributed by atoms with Gasteiger partial charge >= 0.3 is 5.97 Å². The minimum absolute atomic E-state index is 0.0327. The fourth-order valence-electron chi connectivity index (χ4n) is 2.08. The second kappa shape index (κ2) is 7.15. The predicted octanol–water partition coefficient (Wildman–Crippen LogP) is -0.541. The highest BCUT2D eigenvalue weighted by Crippen LogP contribution is 2.19. The lowest BCUT2D eigenvalue weighted by molar-refractivity contribution is -0.138. The van der Waals surface area contributed by atoms with Gasteiger partial charge in [-0.2, -0.15) is 9.03 Å². The van der Waals surface area contributed by atoms with Crippen LogP contribution in [0.5, 0.6) is 0 Å². The number of benzene rings is 1. The van der Waals surface area contributed by atoms with Gasteiger partial charge in [-0.15, -0.1) is 0 Å². The highest BCUT2D eigenvalue weighted by Gasteiger charge is 2.27. The van der Waals surface area contributed by atoms with E-state index in [-0.39, 0.29) is 22.9 Å². The summed E-state index contributed by atoms with van der Waals surface area (Å²) in [4.78, 5) is 10.5. The van der Waals surface area contributed by atoms with Crippen LogP contribution in [0.4, 0.5) is 0 Å². The number of aliphatic carboxylic acids is 1. The van der Waals surface area contributed by atoms with Crippen LogP contribution < -0.4 is 4.72 Å². The Morgan fingerprint density at radius 1 is 1.12 bits per heavy atom. The highest BCUT2D eigenvalue weighted by atomic mass is 32.2. The van der Waals surface area contributed by atoms with Crippen LogP contribution in [0.1, 0.15) is 6.92 Å². The van der Waals surface area contributed by atoms with Crippen LogP contribution in [0.25, 0.3) is 0 Å². The molecule has 2 N–H and O–H groups in total. The molecule has 1 atom stereocenters. The van der Waals surface area contributed by atoms with E-state index >= 15 is 0 Å². The van der Waals surface area contributed by atoms with Crippen LogP contribution in [0.2, 0.25) is 0 Å². The van der Waals surface area contributed by atoms with Gasteiger partial charge in [0.2, 0.25) is 20.0 Å². The van der Waals surface area contributed by atoms with E-state index in [1.807, 2.05) is 4.72 Å². The first-order chi connectivity index (χ1) is 11.1. The van der Waals surface area contributed by atoms with Gasteiger partial charge in [0.1, 0.15) is 6.04 Å². The van der Waals surface area contributed by atoms with Crippen molar-refractivity contribution in [3.63, 3.8) is 0 Å². The summed E-state index contributed by atoms with van der Waals surface area (Å²) >= 11 is 0. The molecule has 9 nitrogen and oxygen atoms in total. The van der Waals surface area contributed by atoms with Crippen LogP contribution in [0.15, 0.2) is 34.1 Å². The number of carboxylic acid groups (broad SMARTS) is 1. The van der Waals surface area contributed by atoms with Crippen molar-refractivity contribution in [2.45, 2.75) is 22.8 Å². The Labute approximate surface area is 140 Å². The van der Waals surface area contributed by atoms with E-state index in [1.165, 1.54) is 23.4 Å². The fourth-order valence-corrected chi connectivity index (χ4v) is 4.68. The average molecular weight is 378 g/mol. The van der Waals surface area contributed by atoms with E-state index in [0.29, 0.717) is 13.2 Å². The molecule has 134 valence electrons. The summed E-state index contributed by atoms with van der Waals surface area (Å²) in [5, 5.41) is 8.77. The predicted molar refractivity (Wildman–Crippen MR) is 83.4 cm³/mol. The van der Waals surface area contributed by atoms with E-state index in [2.05, 4.69) is 0 Å². The van der Waals surface area contributed by atoms with E-state index in [4.69, 9.17) is 9.84 Å². The van der Waals surface area contributed by atoms with Crippen LogP contribution in [-0.4, -0.2) is 64.6 Å². The monoisotopic (exact) mass is 378 g/mol. The quantitative estimate of drug-likeness (QED) is 0.680. The van der Waals surface area contributed by atoms with Crippen molar-refractivity contribution in [2.75, 3.05) is 26.3 Å². The summed E-state index contributed by atoms with van der Waals surface area (Å²) in [6.45, 7) is 2.28. The fraction of sp³-hybridized carbons (Fsp3) is 0.462. The minimum Gasteiger partial charge on any atom is -0.480 e. The summed E-state index contributed by atoms with van der Waals surface area (Å²) in [5.74, 6) is -1.31. The zero-order chi connectivity index (χ0) is 18.0. The third-order valence-corrected chi connectivity index (χ3v) is 6.91. The molecule has 2 rings (SSSR count). The molecule has 1 aliphatic heterocycles. The zero-order valence-corrected chi connectivity index (χ0v) is 14.5. The normalized spacial score (nSPS) is 18.2. The van der Waals surface area contributed by atoms with Crippen molar-refractivity contribution in [2.24, 2.45) is 0 Å². The second-order valence-corrected chi connectivity index (χ2v) is 8.82. The molecular formula is C13H18N2O7S2. The molecule has 1 heterocycles. The van der Waals surface area contributed by atoms with Gasteiger partial charge in [-0.25, -0.2) is 16.8 Å². The summed E-state index contributed by atoms with van der Waals surface area (Å²) in [5.41, 5.74) is 0. The summed E-state index contributed by atoms with van der Waals surface area (Å²) < 4.78 is 57.4. The van der Waals surface area contributed by atoms with Crippen molar-refractivity contribution in [1.29, 1.82) is 0 Å². The summed E-state index contributed by atoms with van der Waals surface area (Å²) in [6, 6.07) is 3.33. The molecule has 1 aromatic carbocycles. The largest absolute Gasteiger partial charge is 0.480 e. The number of carboxylic acids is 1. The lowest BCUT2D eigenvalue weighted by atomic mass is 10.4. The van der Waals surface area contributed by atoms with Crippen LogP contribution in [0.3, 0.4) is 0 Å². The molecule has 0 amide bonds. The van der Waals surface area contributed by atoms with Crippen molar-refractivity contribution >= 4 is 26.0 Å². The second-order valence-electron chi connectivity index (χ2n) is 5.17.